The molecule has 1 N–H and O–H groups in total. The lowest BCUT2D eigenvalue weighted by molar-refractivity contribution is -0.147. The van der Waals surface area contributed by atoms with Gasteiger partial charge in [-0.15, -0.1) is 0 Å². The van der Waals surface area contributed by atoms with Gasteiger partial charge in [-0.1, -0.05) is 13.8 Å². The van der Waals surface area contributed by atoms with Crippen LogP contribution in [0.25, 0.3) is 0 Å². The zero-order chi connectivity index (χ0) is 10.0. The molecular formula is C10H16O3. The van der Waals surface area contributed by atoms with Gasteiger partial charge in [0.05, 0.1) is 5.92 Å². The van der Waals surface area contributed by atoms with Gasteiger partial charge in [0.25, 0.3) is 0 Å². The van der Waals surface area contributed by atoms with Crippen LogP contribution in [0.1, 0.15) is 33.1 Å². The summed E-state index contributed by atoms with van der Waals surface area (Å²) in [7, 11) is 0. The molecule has 13 heavy (non-hydrogen) atoms. The van der Waals surface area contributed by atoms with Crippen LogP contribution in [-0.2, 0) is 9.59 Å². The second-order valence-electron chi connectivity index (χ2n) is 3.82. The zero-order valence-electron chi connectivity index (χ0n) is 8.12. The smallest absolute Gasteiger partial charge is 0.306 e. The maximum Gasteiger partial charge on any atom is 0.306 e. The van der Waals surface area contributed by atoms with Gasteiger partial charge in [-0.05, 0) is 18.8 Å². The molecule has 3 atom stereocenters. The minimum atomic E-state index is -0.751. The Morgan fingerprint density at radius 3 is 2.69 bits per heavy atom. The van der Waals surface area contributed by atoms with Crippen LogP contribution in [0.3, 0.4) is 0 Å². The molecule has 0 aliphatic heterocycles. The second-order valence-corrected chi connectivity index (χ2v) is 3.82. The summed E-state index contributed by atoms with van der Waals surface area (Å²) in [6, 6.07) is 0. The molecule has 0 spiro atoms. The Kier molecular flexibility index (Phi) is 3.07. The van der Waals surface area contributed by atoms with Crippen molar-refractivity contribution in [3.05, 3.63) is 0 Å². The molecular weight excluding hydrogens is 168 g/mol. The van der Waals surface area contributed by atoms with E-state index < -0.39 is 5.97 Å². The van der Waals surface area contributed by atoms with E-state index in [1.165, 1.54) is 0 Å². The van der Waals surface area contributed by atoms with E-state index in [1.54, 1.807) is 0 Å². The number of rotatable bonds is 2. The van der Waals surface area contributed by atoms with E-state index in [0.29, 0.717) is 12.8 Å². The fourth-order valence-electron chi connectivity index (χ4n) is 2.27. The molecule has 0 aromatic carbocycles. The number of Topliss-reactive ketones (excluding diaryl/α,β-unsaturated/α-hetero) is 1. The number of carbonyl (C=O) groups is 2. The lowest BCUT2D eigenvalue weighted by atomic mass is 9.71. The first kappa shape index (κ1) is 10.2. The summed E-state index contributed by atoms with van der Waals surface area (Å²) >= 11 is 0. The summed E-state index contributed by atoms with van der Waals surface area (Å²) in [5, 5.41) is 8.90. The molecule has 0 aromatic rings. The van der Waals surface area contributed by atoms with Gasteiger partial charge in [0, 0.05) is 12.3 Å². The molecule has 0 unspecified atom stereocenters. The van der Waals surface area contributed by atoms with Crippen molar-refractivity contribution in [2.75, 3.05) is 0 Å². The molecule has 0 bridgehead atoms. The molecule has 0 heterocycles. The summed E-state index contributed by atoms with van der Waals surface area (Å²) < 4.78 is 0. The standard InChI is InChI=1S/C10H16O3/c1-3-7-6(2)8(10(12)13)4-5-9(7)11/h6-8H,3-5H2,1-2H3,(H,12,13)/t6-,7+,8+/m0/s1. The number of carboxylic acids is 1. The van der Waals surface area contributed by atoms with Gasteiger partial charge in [0.15, 0.2) is 0 Å². The Bertz CT molecular complexity index is 220. The highest BCUT2D eigenvalue weighted by Gasteiger charge is 2.37. The molecule has 1 saturated carbocycles. The minimum Gasteiger partial charge on any atom is -0.481 e. The van der Waals surface area contributed by atoms with E-state index in [2.05, 4.69) is 0 Å². The number of hydrogen-bond acceptors (Lipinski definition) is 2. The predicted octanol–water partition coefficient (Wildman–Crippen LogP) is 1.71. The van der Waals surface area contributed by atoms with E-state index in [-0.39, 0.29) is 23.5 Å². The van der Waals surface area contributed by atoms with Crippen LogP contribution in [0.15, 0.2) is 0 Å². The van der Waals surface area contributed by atoms with Gasteiger partial charge in [0.2, 0.25) is 0 Å². The highest BCUT2D eigenvalue weighted by atomic mass is 16.4. The first-order chi connectivity index (χ1) is 6.07. The van der Waals surface area contributed by atoms with Crippen LogP contribution < -0.4 is 0 Å². The van der Waals surface area contributed by atoms with Gasteiger partial charge in [-0.25, -0.2) is 0 Å². The van der Waals surface area contributed by atoms with Crippen LogP contribution in [0.2, 0.25) is 0 Å². The quantitative estimate of drug-likeness (QED) is 0.710. The van der Waals surface area contributed by atoms with Gasteiger partial charge in [-0.3, -0.25) is 9.59 Å². The first-order valence-electron chi connectivity index (χ1n) is 4.83. The van der Waals surface area contributed by atoms with E-state index >= 15 is 0 Å². The Labute approximate surface area is 78.1 Å². The summed E-state index contributed by atoms with van der Waals surface area (Å²) in [6.07, 6.45) is 1.73. The molecule has 1 fully saturated rings. The third kappa shape index (κ3) is 1.90. The summed E-state index contributed by atoms with van der Waals surface area (Å²) in [5.41, 5.74) is 0. The van der Waals surface area contributed by atoms with Gasteiger partial charge in [0.1, 0.15) is 5.78 Å². The SMILES string of the molecule is CC[C@H]1C(=O)CC[C@@H](C(=O)O)[C@H]1C. The summed E-state index contributed by atoms with van der Waals surface area (Å²) in [6.45, 7) is 3.83. The lowest BCUT2D eigenvalue weighted by Crippen LogP contribution is -2.36. The van der Waals surface area contributed by atoms with Crippen molar-refractivity contribution in [2.45, 2.75) is 33.1 Å². The van der Waals surface area contributed by atoms with E-state index in [9.17, 15) is 9.59 Å². The van der Waals surface area contributed by atoms with E-state index in [4.69, 9.17) is 5.11 Å². The highest BCUT2D eigenvalue weighted by Crippen LogP contribution is 2.34. The fourth-order valence-corrected chi connectivity index (χ4v) is 2.27. The van der Waals surface area contributed by atoms with Crippen molar-refractivity contribution in [3.63, 3.8) is 0 Å². The molecule has 1 aliphatic carbocycles. The molecule has 3 nitrogen and oxygen atoms in total. The van der Waals surface area contributed by atoms with Crippen LogP contribution in [0.5, 0.6) is 0 Å². The third-order valence-corrected chi connectivity index (χ3v) is 3.14. The van der Waals surface area contributed by atoms with Crippen molar-refractivity contribution in [2.24, 2.45) is 17.8 Å². The minimum absolute atomic E-state index is 0.00347. The monoisotopic (exact) mass is 184 g/mol. The van der Waals surface area contributed by atoms with Crippen molar-refractivity contribution in [1.29, 1.82) is 0 Å². The highest BCUT2D eigenvalue weighted by molar-refractivity contribution is 5.84. The largest absolute Gasteiger partial charge is 0.481 e. The number of carbonyl (C=O) groups excluding carboxylic acids is 1. The number of carboxylic acid groups (broad SMARTS) is 1. The molecule has 1 rings (SSSR count). The van der Waals surface area contributed by atoms with Crippen molar-refractivity contribution in [1.82, 2.24) is 0 Å². The predicted molar refractivity (Wildman–Crippen MR) is 48.3 cm³/mol. The molecule has 0 saturated heterocycles. The molecule has 3 heteroatoms. The van der Waals surface area contributed by atoms with Gasteiger partial charge in [-0.2, -0.15) is 0 Å². The van der Waals surface area contributed by atoms with Crippen LogP contribution in [0, 0.1) is 17.8 Å². The number of ketones is 1. The van der Waals surface area contributed by atoms with E-state index in [1.807, 2.05) is 13.8 Å². The molecule has 0 amide bonds. The average Bonchev–Trinajstić information content (AvgIpc) is 2.04. The molecule has 1 aliphatic rings. The molecule has 0 aromatic heterocycles. The molecule has 0 radical (unpaired) electrons. The summed E-state index contributed by atoms with van der Waals surface area (Å²) in [5.74, 6) is -0.854. The Balaban J connectivity index is 2.74. The average molecular weight is 184 g/mol. The lowest BCUT2D eigenvalue weighted by Gasteiger charge is -2.31. The zero-order valence-corrected chi connectivity index (χ0v) is 8.12. The number of hydrogen-bond donors (Lipinski definition) is 1. The maximum atomic E-state index is 11.4. The van der Waals surface area contributed by atoms with Crippen molar-refractivity contribution >= 4 is 11.8 Å². The van der Waals surface area contributed by atoms with Crippen LogP contribution >= 0.6 is 0 Å². The fraction of sp³-hybridized carbons (Fsp3) is 0.800. The Hall–Kier alpha value is -0.860. The maximum absolute atomic E-state index is 11.4. The van der Waals surface area contributed by atoms with E-state index in [0.717, 1.165) is 6.42 Å². The normalized spacial score (nSPS) is 34.6. The second kappa shape index (κ2) is 3.90. The third-order valence-electron chi connectivity index (χ3n) is 3.14. The van der Waals surface area contributed by atoms with Crippen LogP contribution in [0.4, 0.5) is 0 Å². The molecule has 74 valence electrons. The number of aliphatic carboxylic acids is 1. The van der Waals surface area contributed by atoms with Gasteiger partial charge < -0.3 is 5.11 Å². The Morgan fingerprint density at radius 2 is 2.23 bits per heavy atom. The van der Waals surface area contributed by atoms with Crippen molar-refractivity contribution < 1.29 is 14.7 Å². The summed E-state index contributed by atoms with van der Waals surface area (Å²) in [4.78, 5) is 22.2. The topological polar surface area (TPSA) is 54.4 Å². The first-order valence-corrected chi connectivity index (χ1v) is 4.83. The van der Waals surface area contributed by atoms with Crippen LogP contribution in [-0.4, -0.2) is 16.9 Å². The Morgan fingerprint density at radius 1 is 1.62 bits per heavy atom. The van der Waals surface area contributed by atoms with Crippen molar-refractivity contribution in [3.8, 4) is 0 Å². The van der Waals surface area contributed by atoms with Gasteiger partial charge >= 0.3 is 5.97 Å².